The molecule has 6 nitrogen and oxygen atoms in total. The number of hydrogen-bond acceptors (Lipinski definition) is 4. The maximum Gasteiger partial charge on any atom is 0.262 e. The van der Waals surface area contributed by atoms with Crippen LogP contribution in [0.1, 0.15) is 29.5 Å². The molecular formula is C19H24N2O4S2. The Morgan fingerprint density at radius 3 is 2.37 bits per heavy atom. The van der Waals surface area contributed by atoms with Gasteiger partial charge in [0.1, 0.15) is 0 Å². The fraction of sp³-hybridized carbons (Fsp3) is 0.368. The van der Waals surface area contributed by atoms with Crippen LogP contribution in [-0.2, 0) is 20.0 Å². The normalized spacial score (nSPS) is 16.9. The number of anilines is 2. The standard InChI is InChI=1S/C19H24N2O4S2/c1-14-6-7-15(2)18(12-14)20-27(24,25)19-13-17(9-8-16(19)3)21-10-4-5-11-26(21,22)23/h6-9,12-13,20H,4-5,10-11H2,1-3H3. The number of hydrogen-bond donors (Lipinski definition) is 1. The van der Waals surface area contributed by atoms with Crippen LogP contribution < -0.4 is 9.03 Å². The first-order chi connectivity index (χ1) is 12.6. The average molecular weight is 409 g/mol. The van der Waals surface area contributed by atoms with Crippen LogP contribution in [0.5, 0.6) is 0 Å². The van der Waals surface area contributed by atoms with Gasteiger partial charge in [0.25, 0.3) is 10.0 Å². The van der Waals surface area contributed by atoms with E-state index < -0.39 is 20.0 Å². The number of rotatable bonds is 4. The highest BCUT2D eigenvalue weighted by Crippen LogP contribution is 2.29. The Kier molecular flexibility index (Phi) is 5.22. The molecule has 0 aliphatic carbocycles. The van der Waals surface area contributed by atoms with E-state index in [0.29, 0.717) is 29.9 Å². The number of sulfonamides is 2. The highest BCUT2D eigenvalue weighted by Gasteiger charge is 2.28. The van der Waals surface area contributed by atoms with Crippen molar-refractivity contribution in [2.45, 2.75) is 38.5 Å². The number of benzene rings is 2. The van der Waals surface area contributed by atoms with Crippen molar-refractivity contribution in [3.8, 4) is 0 Å². The molecule has 2 aromatic rings. The van der Waals surface area contributed by atoms with Gasteiger partial charge in [0.15, 0.2) is 0 Å². The van der Waals surface area contributed by atoms with Crippen LogP contribution in [0.15, 0.2) is 41.3 Å². The Morgan fingerprint density at radius 2 is 1.67 bits per heavy atom. The molecule has 3 rings (SSSR count). The molecule has 0 bridgehead atoms. The summed E-state index contributed by atoms with van der Waals surface area (Å²) < 4.78 is 54.7. The van der Waals surface area contributed by atoms with Crippen molar-refractivity contribution >= 4 is 31.4 Å². The molecular weight excluding hydrogens is 384 g/mol. The van der Waals surface area contributed by atoms with Gasteiger partial charge < -0.3 is 0 Å². The van der Waals surface area contributed by atoms with E-state index in [1.807, 2.05) is 26.0 Å². The lowest BCUT2D eigenvalue weighted by molar-refractivity contribution is 0.574. The van der Waals surface area contributed by atoms with Gasteiger partial charge in [-0.15, -0.1) is 0 Å². The van der Waals surface area contributed by atoms with Crippen molar-refractivity contribution in [2.24, 2.45) is 0 Å². The Hall–Kier alpha value is -2.06. The minimum absolute atomic E-state index is 0.0849. The largest absolute Gasteiger partial charge is 0.279 e. The van der Waals surface area contributed by atoms with Crippen molar-refractivity contribution < 1.29 is 16.8 Å². The van der Waals surface area contributed by atoms with E-state index in [9.17, 15) is 16.8 Å². The fourth-order valence-electron chi connectivity index (χ4n) is 3.16. The molecule has 0 atom stereocenters. The van der Waals surface area contributed by atoms with Gasteiger partial charge >= 0.3 is 0 Å². The highest BCUT2D eigenvalue weighted by atomic mass is 32.2. The summed E-state index contributed by atoms with van der Waals surface area (Å²) in [7, 11) is -7.26. The van der Waals surface area contributed by atoms with Gasteiger partial charge in [-0.25, -0.2) is 16.8 Å². The van der Waals surface area contributed by atoms with Crippen molar-refractivity contribution in [2.75, 3.05) is 21.3 Å². The van der Waals surface area contributed by atoms with Gasteiger partial charge in [-0.2, -0.15) is 0 Å². The molecule has 1 heterocycles. The molecule has 1 aliphatic heterocycles. The summed E-state index contributed by atoms with van der Waals surface area (Å²) in [4.78, 5) is 0.0849. The number of nitrogens with zero attached hydrogens (tertiary/aromatic N) is 1. The Morgan fingerprint density at radius 1 is 0.963 bits per heavy atom. The smallest absolute Gasteiger partial charge is 0.262 e. The second-order valence-corrected chi connectivity index (χ2v) is 10.6. The van der Waals surface area contributed by atoms with Gasteiger partial charge in [-0.3, -0.25) is 9.03 Å². The van der Waals surface area contributed by atoms with Crippen molar-refractivity contribution in [3.63, 3.8) is 0 Å². The van der Waals surface area contributed by atoms with Crippen LogP contribution in [0, 0.1) is 20.8 Å². The zero-order valence-corrected chi connectivity index (χ0v) is 17.3. The molecule has 0 amide bonds. The van der Waals surface area contributed by atoms with Crippen molar-refractivity contribution in [1.29, 1.82) is 0 Å². The fourth-order valence-corrected chi connectivity index (χ4v) is 6.18. The Labute approximate surface area is 161 Å². The lowest BCUT2D eigenvalue weighted by atomic mass is 10.1. The molecule has 8 heteroatoms. The van der Waals surface area contributed by atoms with Gasteiger partial charge in [0.05, 0.1) is 22.0 Å². The molecule has 0 aromatic heterocycles. The predicted molar refractivity (Wildman–Crippen MR) is 108 cm³/mol. The van der Waals surface area contributed by atoms with Crippen LogP contribution in [0.4, 0.5) is 11.4 Å². The predicted octanol–water partition coefficient (Wildman–Crippen LogP) is 3.34. The zero-order valence-electron chi connectivity index (χ0n) is 15.7. The van der Waals surface area contributed by atoms with Gasteiger partial charge in [0.2, 0.25) is 10.0 Å². The summed E-state index contributed by atoms with van der Waals surface area (Å²) in [6.07, 6.45) is 1.39. The first kappa shape index (κ1) is 19.7. The lowest BCUT2D eigenvalue weighted by Gasteiger charge is -2.28. The first-order valence-corrected chi connectivity index (χ1v) is 11.9. The maximum absolute atomic E-state index is 13.0. The SMILES string of the molecule is Cc1ccc(C)c(NS(=O)(=O)c2cc(N3CCCCS3(=O)=O)ccc2C)c1. The monoisotopic (exact) mass is 408 g/mol. The second kappa shape index (κ2) is 7.16. The van der Waals surface area contributed by atoms with E-state index in [2.05, 4.69) is 4.72 Å². The first-order valence-electron chi connectivity index (χ1n) is 8.81. The van der Waals surface area contributed by atoms with Crippen LogP contribution in [-0.4, -0.2) is 29.1 Å². The zero-order chi connectivity index (χ0) is 19.8. The van der Waals surface area contributed by atoms with Gasteiger partial charge in [-0.1, -0.05) is 18.2 Å². The summed E-state index contributed by atoms with van der Waals surface area (Å²) in [5.74, 6) is 0.0870. The molecule has 0 unspecified atom stereocenters. The van der Waals surface area contributed by atoms with Crippen LogP contribution in [0.25, 0.3) is 0 Å². The van der Waals surface area contributed by atoms with Crippen LogP contribution in [0.2, 0.25) is 0 Å². The molecule has 27 heavy (non-hydrogen) atoms. The van der Waals surface area contributed by atoms with Crippen molar-refractivity contribution in [3.05, 3.63) is 53.1 Å². The van der Waals surface area contributed by atoms with Crippen LogP contribution in [0.3, 0.4) is 0 Å². The van der Waals surface area contributed by atoms with E-state index in [1.165, 1.54) is 10.4 Å². The summed E-state index contributed by atoms with van der Waals surface area (Å²) >= 11 is 0. The molecule has 0 radical (unpaired) electrons. The quantitative estimate of drug-likeness (QED) is 0.841. The summed E-state index contributed by atoms with van der Waals surface area (Å²) in [5.41, 5.74) is 3.23. The molecule has 1 aliphatic rings. The van der Waals surface area contributed by atoms with Crippen LogP contribution >= 0.6 is 0 Å². The Balaban J connectivity index is 2.02. The van der Waals surface area contributed by atoms with E-state index in [4.69, 9.17) is 0 Å². The van der Waals surface area contributed by atoms with Gasteiger partial charge in [-0.05, 0) is 68.5 Å². The second-order valence-electron chi connectivity index (χ2n) is 6.97. The number of aryl methyl sites for hydroxylation is 3. The van der Waals surface area contributed by atoms with E-state index in [1.54, 1.807) is 25.1 Å². The molecule has 1 fully saturated rings. The third-order valence-corrected chi connectivity index (χ3v) is 8.11. The molecule has 0 spiro atoms. The summed E-state index contributed by atoms with van der Waals surface area (Å²) in [6, 6.07) is 10.3. The molecule has 1 saturated heterocycles. The molecule has 0 saturated carbocycles. The topological polar surface area (TPSA) is 83.6 Å². The van der Waals surface area contributed by atoms with Gasteiger partial charge in [0, 0.05) is 6.54 Å². The molecule has 1 N–H and O–H groups in total. The van der Waals surface area contributed by atoms with E-state index >= 15 is 0 Å². The minimum Gasteiger partial charge on any atom is -0.279 e. The molecule has 2 aromatic carbocycles. The number of nitrogens with one attached hydrogen (secondary N) is 1. The summed E-state index contributed by atoms with van der Waals surface area (Å²) in [6.45, 7) is 5.80. The minimum atomic E-state index is -3.85. The summed E-state index contributed by atoms with van der Waals surface area (Å²) in [5, 5.41) is 0. The average Bonchev–Trinajstić information content (AvgIpc) is 2.58. The third kappa shape index (κ3) is 4.11. The maximum atomic E-state index is 13.0. The molecule has 146 valence electrons. The Bertz CT molecular complexity index is 1080. The van der Waals surface area contributed by atoms with E-state index in [0.717, 1.165) is 17.5 Å². The lowest BCUT2D eigenvalue weighted by Crippen LogP contribution is -2.38. The third-order valence-electron chi connectivity index (χ3n) is 4.74. The van der Waals surface area contributed by atoms with Crippen molar-refractivity contribution in [1.82, 2.24) is 0 Å². The van der Waals surface area contributed by atoms with E-state index in [-0.39, 0.29) is 10.6 Å². The highest BCUT2D eigenvalue weighted by molar-refractivity contribution is 7.93.